The molecule has 0 aliphatic carbocycles. The first-order chi connectivity index (χ1) is 8.27. The fraction of sp³-hybridized carbons (Fsp3) is 0.0769. The topological polar surface area (TPSA) is 20.3 Å². The van der Waals surface area contributed by atoms with Crippen molar-refractivity contribution in [1.29, 1.82) is 0 Å². The highest BCUT2D eigenvalue weighted by Gasteiger charge is 2.27. The van der Waals surface area contributed by atoms with Gasteiger partial charge in [0.15, 0.2) is 11.0 Å². The van der Waals surface area contributed by atoms with Crippen molar-refractivity contribution in [3.63, 3.8) is 0 Å². The normalized spacial score (nSPS) is 18.2. The van der Waals surface area contributed by atoms with Crippen LogP contribution in [0.5, 0.6) is 0 Å². The van der Waals surface area contributed by atoms with Gasteiger partial charge in [-0.15, -0.1) is 0 Å². The minimum atomic E-state index is -1.15. The van der Waals surface area contributed by atoms with E-state index in [9.17, 15) is 4.21 Å². The van der Waals surface area contributed by atoms with Crippen molar-refractivity contribution in [2.45, 2.75) is 11.4 Å². The van der Waals surface area contributed by atoms with Crippen molar-refractivity contribution in [3.8, 4) is 0 Å². The van der Waals surface area contributed by atoms with Crippen LogP contribution in [-0.4, -0.2) is 4.21 Å². The molecule has 0 saturated carbocycles. The number of benzene rings is 2. The van der Waals surface area contributed by atoms with Gasteiger partial charge in [0, 0.05) is 0 Å². The lowest BCUT2D eigenvalue weighted by molar-refractivity contribution is 0.683. The molecule has 86 valence electrons. The van der Waals surface area contributed by atoms with Crippen LogP contribution in [0, 0.1) is 0 Å². The van der Waals surface area contributed by atoms with Gasteiger partial charge in [-0.3, -0.25) is 4.31 Å². The van der Waals surface area contributed by atoms with Crippen LogP contribution in [0.2, 0.25) is 5.02 Å². The molecular weight excluding hydrogens is 254 g/mol. The van der Waals surface area contributed by atoms with E-state index in [0.717, 1.165) is 16.1 Å². The van der Waals surface area contributed by atoms with E-state index in [0.29, 0.717) is 11.6 Å². The third kappa shape index (κ3) is 1.75. The van der Waals surface area contributed by atoms with E-state index >= 15 is 0 Å². The molecule has 0 radical (unpaired) electrons. The summed E-state index contributed by atoms with van der Waals surface area (Å²) in [5.41, 5.74) is 1.93. The summed E-state index contributed by atoms with van der Waals surface area (Å²) < 4.78 is 14.2. The van der Waals surface area contributed by atoms with Crippen molar-refractivity contribution in [2.24, 2.45) is 0 Å². The van der Waals surface area contributed by atoms with Crippen LogP contribution in [0.4, 0.5) is 5.69 Å². The molecule has 0 bridgehead atoms. The lowest BCUT2D eigenvalue weighted by Gasteiger charge is -2.17. The number of hydrogen-bond acceptors (Lipinski definition) is 1. The predicted molar refractivity (Wildman–Crippen MR) is 70.5 cm³/mol. The summed E-state index contributed by atoms with van der Waals surface area (Å²) in [5, 5.41) is 0.633. The second-order valence-corrected chi connectivity index (χ2v) is 5.63. The van der Waals surface area contributed by atoms with Crippen LogP contribution in [0.3, 0.4) is 0 Å². The van der Waals surface area contributed by atoms with Crippen molar-refractivity contribution in [1.82, 2.24) is 0 Å². The van der Waals surface area contributed by atoms with Crippen LogP contribution in [0.25, 0.3) is 0 Å². The van der Waals surface area contributed by atoms with E-state index in [-0.39, 0.29) is 0 Å². The average molecular weight is 264 g/mol. The van der Waals surface area contributed by atoms with Crippen LogP contribution in [-0.2, 0) is 17.5 Å². The zero-order valence-corrected chi connectivity index (χ0v) is 10.5. The zero-order chi connectivity index (χ0) is 11.8. The number of hydrogen-bond donors (Lipinski definition) is 0. The molecular formula is C13H10ClNOS. The van der Waals surface area contributed by atoms with E-state index in [2.05, 4.69) is 0 Å². The van der Waals surface area contributed by atoms with Crippen LogP contribution < -0.4 is 4.31 Å². The molecule has 0 spiro atoms. The summed E-state index contributed by atoms with van der Waals surface area (Å²) in [7, 11) is -1.15. The van der Waals surface area contributed by atoms with E-state index in [1.54, 1.807) is 0 Å². The van der Waals surface area contributed by atoms with E-state index in [1.165, 1.54) is 0 Å². The molecule has 1 unspecified atom stereocenters. The Labute approximate surface area is 107 Å². The Balaban J connectivity index is 2.05. The standard InChI is InChI=1S/C13H10ClNOS/c14-11-6-2-3-7-12(11)15-9-10-5-1-4-8-13(10)17(15)16/h1-8H,9H2. The number of halogens is 1. The Bertz CT molecular complexity index is 599. The third-order valence-electron chi connectivity index (χ3n) is 2.80. The van der Waals surface area contributed by atoms with E-state index in [1.807, 2.05) is 52.8 Å². The van der Waals surface area contributed by atoms with Crippen LogP contribution in [0.1, 0.15) is 5.56 Å². The number of nitrogens with zero attached hydrogens (tertiary/aromatic N) is 1. The summed E-state index contributed by atoms with van der Waals surface area (Å²) in [5.74, 6) is 0. The summed E-state index contributed by atoms with van der Waals surface area (Å²) in [6.45, 7) is 0.645. The lowest BCUT2D eigenvalue weighted by Crippen LogP contribution is -2.18. The van der Waals surface area contributed by atoms with Gasteiger partial charge in [0.2, 0.25) is 0 Å². The van der Waals surface area contributed by atoms with Gasteiger partial charge in [0.1, 0.15) is 0 Å². The van der Waals surface area contributed by atoms with Gasteiger partial charge in [0.05, 0.1) is 22.2 Å². The fourth-order valence-electron chi connectivity index (χ4n) is 1.97. The van der Waals surface area contributed by atoms with Gasteiger partial charge >= 0.3 is 0 Å². The molecule has 17 heavy (non-hydrogen) atoms. The maximum Gasteiger partial charge on any atom is 0.153 e. The monoisotopic (exact) mass is 263 g/mol. The second kappa shape index (κ2) is 4.17. The highest BCUT2D eigenvalue weighted by atomic mass is 35.5. The molecule has 0 N–H and O–H groups in total. The Hall–Kier alpha value is -1.32. The lowest BCUT2D eigenvalue weighted by atomic mass is 10.2. The Morgan fingerprint density at radius 1 is 1.06 bits per heavy atom. The quantitative estimate of drug-likeness (QED) is 0.772. The van der Waals surface area contributed by atoms with Crippen molar-refractivity contribution in [2.75, 3.05) is 4.31 Å². The minimum absolute atomic E-state index is 0.633. The maximum absolute atomic E-state index is 12.3. The molecule has 2 aromatic rings. The van der Waals surface area contributed by atoms with Crippen molar-refractivity contribution >= 4 is 28.3 Å². The number of rotatable bonds is 1. The van der Waals surface area contributed by atoms with Gasteiger partial charge in [-0.2, -0.15) is 0 Å². The van der Waals surface area contributed by atoms with Crippen LogP contribution >= 0.6 is 11.6 Å². The van der Waals surface area contributed by atoms with Crippen LogP contribution in [0.15, 0.2) is 53.4 Å². The molecule has 1 atom stereocenters. The molecule has 2 nitrogen and oxygen atoms in total. The maximum atomic E-state index is 12.3. The number of para-hydroxylation sites is 1. The molecule has 4 heteroatoms. The fourth-order valence-corrected chi connectivity index (χ4v) is 3.64. The Kier molecular flexibility index (Phi) is 2.65. The minimum Gasteiger partial charge on any atom is -0.282 e. The average Bonchev–Trinajstić information content (AvgIpc) is 2.68. The Morgan fingerprint density at radius 3 is 2.53 bits per heavy atom. The smallest absolute Gasteiger partial charge is 0.153 e. The summed E-state index contributed by atoms with van der Waals surface area (Å²) in [6.07, 6.45) is 0. The first-order valence-electron chi connectivity index (χ1n) is 5.29. The largest absolute Gasteiger partial charge is 0.282 e. The number of fused-ring (bicyclic) bond motifs is 1. The molecule has 3 rings (SSSR count). The summed E-state index contributed by atoms with van der Waals surface area (Å²) in [4.78, 5) is 0.882. The second-order valence-electron chi connectivity index (χ2n) is 3.84. The van der Waals surface area contributed by atoms with Gasteiger partial charge in [-0.1, -0.05) is 41.9 Å². The molecule has 1 aliphatic heterocycles. The highest BCUT2D eigenvalue weighted by molar-refractivity contribution is 7.86. The SMILES string of the molecule is O=S1c2ccccc2CN1c1ccccc1Cl. The van der Waals surface area contributed by atoms with E-state index < -0.39 is 11.0 Å². The van der Waals surface area contributed by atoms with E-state index in [4.69, 9.17) is 11.6 Å². The Morgan fingerprint density at radius 2 is 1.76 bits per heavy atom. The highest BCUT2D eigenvalue weighted by Crippen LogP contribution is 2.35. The van der Waals surface area contributed by atoms with Gasteiger partial charge in [-0.05, 0) is 23.8 Å². The predicted octanol–water partition coefficient (Wildman–Crippen LogP) is 3.38. The summed E-state index contributed by atoms with van der Waals surface area (Å²) >= 11 is 6.14. The molecule has 1 aliphatic rings. The van der Waals surface area contributed by atoms with Gasteiger partial charge < -0.3 is 0 Å². The molecule has 0 saturated heterocycles. The molecule has 2 aromatic carbocycles. The molecule has 1 heterocycles. The number of anilines is 1. The first kappa shape index (κ1) is 10.8. The van der Waals surface area contributed by atoms with Crippen molar-refractivity contribution in [3.05, 3.63) is 59.1 Å². The molecule has 0 fully saturated rings. The summed E-state index contributed by atoms with van der Waals surface area (Å²) in [6, 6.07) is 15.3. The third-order valence-corrected chi connectivity index (χ3v) is 4.62. The van der Waals surface area contributed by atoms with Gasteiger partial charge in [-0.25, -0.2) is 4.21 Å². The van der Waals surface area contributed by atoms with Crippen molar-refractivity contribution < 1.29 is 4.21 Å². The zero-order valence-electron chi connectivity index (χ0n) is 8.97. The molecule has 0 aromatic heterocycles. The van der Waals surface area contributed by atoms with Gasteiger partial charge in [0.25, 0.3) is 0 Å². The molecule has 0 amide bonds. The first-order valence-corrected chi connectivity index (χ1v) is 6.78.